The third-order valence-corrected chi connectivity index (χ3v) is 8.93. The molecule has 270 valence electrons. The summed E-state index contributed by atoms with van der Waals surface area (Å²) in [6.07, 6.45) is 5.57. The highest BCUT2D eigenvalue weighted by atomic mass is 16.6. The van der Waals surface area contributed by atoms with Gasteiger partial charge in [-0.3, -0.25) is 0 Å². The maximum absolute atomic E-state index is 13.0. The smallest absolute Gasteiger partial charge is 0.407 e. The topological polar surface area (TPSA) is 137 Å². The molecule has 2 aromatic rings. The maximum atomic E-state index is 13.0. The fourth-order valence-electron chi connectivity index (χ4n) is 6.54. The largest absolute Gasteiger partial charge is 0.462 e. The number of carbonyl (C=O) groups is 3. The molecule has 0 radical (unpaired) electrons. The van der Waals surface area contributed by atoms with Gasteiger partial charge in [-0.25, -0.2) is 14.4 Å². The van der Waals surface area contributed by atoms with Crippen molar-refractivity contribution in [2.24, 2.45) is 5.92 Å². The van der Waals surface area contributed by atoms with Crippen LogP contribution in [0.3, 0.4) is 0 Å². The van der Waals surface area contributed by atoms with Crippen LogP contribution in [-0.4, -0.2) is 97.3 Å². The third-order valence-electron chi connectivity index (χ3n) is 8.93. The molecule has 4 rings (SSSR count). The number of benzene rings is 2. The van der Waals surface area contributed by atoms with Crippen LogP contribution in [0.4, 0.5) is 4.79 Å². The first kappa shape index (κ1) is 38.3. The Bertz CT molecular complexity index is 1310. The van der Waals surface area contributed by atoms with Gasteiger partial charge in [-0.1, -0.05) is 62.6 Å². The van der Waals surface area contributed by atoms with Crippen molar-refractivity contribution >= 4 is 18.0 Å². The zero-order valence-corrected chi connectivity index (χ0v) is 28.8. The number of esters is 2. The molecule has 1 fully saturated rings. The van der Waals surface area contributed by atoms with E-state index >= 15 is 0 Å². The van der Waals surface area contributed by atoms with E-state index in [1.165, 1.54) is 5.56 Å². The van der Waals surface area contributed by atoms with Gasteiger partial charge in [0.15, 0.2) is 0 Å². The Balaban J connectivity index is 1.19. The predicted octanol–water partition coefficient (Wildman–Crippen LogP) is 4.54. The molecule has 2 aliphatic carbocycles. The highest BCUT2D eigenvalue weighted by Gasteiger charge is 2.47. The number of alkyl carbamates (subject to hydrolysis) is 1. The third kappa shape index (κ3) is 12.7. The fraction of sp³-hybridized carbons (Fsp3) is 0.595. The molecule has 2 aromatic carbocycles. The quantitative estimate of drug-likeness (QED) is 0.120. The molecule has 2 aliphatic rings. The molecule has 0 aliphatic heterocycles. The first-order chi connectivity index (χ1) is 23.9. The Kier molecular flexibility index (Phi) is 16.3. The van der Waals surface area contributed by atoms with Crippen LogP contribution in [0.15, 0.2) is 48.5 Å². The second kappa shape index (κ2) is 20.8. The van der Waals surface area contributed by atoms with Crippen molar-refractivity contribution in [1.82, 2.24) is 5.32 Å². The van der Waals surface area contributed by atoms with Crippen molar-refractivity contribution in [2.45, 2.75) is 63.5 Å². The number of methoxy groups -OCH3 is 1. The van der Waals surface area contributed by atoms with Gasteiger partial charge in [-0.15, -0.1) is 0 Å². The highest BCUT2D eigenvalue weighted by molar-refractivity contribution is 5.75. The lowest BCUT2D eigenvalue weighted by Crippen LogP contribution is -2.57. The average molecular weight is 686 g/mol. The molecular formula is C37H51NO11. The number of ether oxygens (including phenoxy) is 8. The fourth-order valence-corrected chi connectivity index (χ4v) is 6.54. The molecule has 49 heavy (non-hydrogen) atoms. The minimum Gasteiger partial charge on any atom is -0.462 e. The Morgan fingerprint density at radius 1 is 0.776 bits per heavy atom. The standard InChI is InChI=1S/C37H51NO11/c1-37-14-8-4-7-11-30(35(37)38-36(41)48-25-28-9-5-3-6-10-28)23-29-12-13-31(24-32(29)37)49-34(40)27-46-26-33(39)47-22-21-45-20-19-44-18-17-43-16-15-42-2/h3,5-6,9-10,12-13,24,30,35H,4,7-8,11,14-23,25-27H2,1-2H3,(H,38,41)/t30-,35-,37+/m0/s1. The Hall–Kier alpha value is -3.55. The highest BCUT2D eigenvalue weighted by Crippen LogP contribution is 2.47. The van der Waals surface area contributed by atoms with Crippen LogP contribution in [0, 0.1) is 5.92 Å². The molecule has 1 amide bonds. The van der Waals surface area contributed by atoms with E-state index in [1.54, 1.807) is 13.2 Å². The van der Waals surface area contributed by atoms with Gasteiger partial charge in [-0.05, 0) is 54.0 Å². The van der Waals surface area contributed by atoms with Gasteiger partial charge in [-0.2, -0.15) is 0 Å². The number of hydrogen-bond donors (Lipinski definition) is 1. The van der Waals surface area contributed by atoms with Crippen LogP contribution in [0.2, 0.25) is 0 Å². The zero-order chi connectivity index (χ0) is 34.7. The molecule has 0 heterocycles. The van der Waals surface area contributed by atoms with Crippen LogP contribution in [0.25, 0.3) is 0 Å². The summed E-state index contributed by atoms with van der Waals surface area (Å²) in [6, 6.07) is 15.2. The van der Waals surface area contributed by atoms with Crippen LogP contribution < -0.4 is 10.1 Å². The van der Waals surface area contributed by atoms with Gasteiger partial charge in [0, 0.05) is 18.6 Å². The summed E-state index contributed by atoms with van der Waals surface area (Å²) in [5.74, 6) is -0.578. The second-order valence-electron chi connectivity index (χ2n) is 12.5. The molecule has 12 nitrogen and oxygen atoms in total. The van der Waals surface area contributed by atoms with Crippen molar-refractivity contribution in [2.75, 3.05) is 73.2 Å². The van der Waals surface area contributed by atoms with E-state index in [-0.39, 0.29) is 37.2 Å². The summed E-state index contributed by atoms with van der Waals surface area (Å²) in [6.45, 7) is 4.63. The van der Waals surface area contributed by atoms with E-state index in [2.05, 4.69) is 12.2 Å². The number of fused-ring (bicyclic) bond motifs is 4. The van der Waals surface area contributed by atoms with Crippen LogP contribution in [0.5, 0.6) is 5.75 Å². The summed E-state index contributed by atoms with van der Waals surface area (Å²) in [7, 11) is 1.62. The summed E-state index contributed by atoms with van der Waals surface area (Å²) >= 11 is 0. The van der Waals surface area contributed by atoms with Gasteiger partial charge in [0.25, 0.3) is 0 Å². The van der Waals surface area contributed by atoms with Crippen LogP contribution >= 0.6 is 0 Å². The van der Waals surface area contributed by atoms with E-state index in [9.17, 15) is 14.4 Å². The molecule has 0 unspecified atom stereocenters. The average Bonchev–Trinajstić information content (AvgIpc) is 3.09. The lowest BCUT2D eigenvalue weighted by molar-refractivity contribution is -0.153. The van der Waals surface area contributed by atoms with E-state index in [0.717, 1.165) is 49.7 Å². The SMILES string of the molecule is COCCOCCOCCOCCOC(=O)COCC(=O)Oc1ccc2c(c1)[C@@]1(C)CCCCC[C@@H](C2)[C@@H]1NC(=O)OCc1ccccc1. The van der Waals surface area contributed by atoms with E-state index in [0.29, 0.717) is 45.4 Å². The Morgan fingerprint density at radius 3 is 2.20 bits per heavy atom. The number of amides is 1. The predicted molar refractivity (Wildman–Crippen MR) is 179 cm³/mol. The van der Waals surface area contributed by atoms with Crippen LogP contribution in [-0.2, 0) is 61.2 Å². The van der Waals surface area contributed by atoms with Crippen molar-refractivity contribution < 1.29 is 52.3 Å². The molecular weight excluding hydrogens is 634 g/mol. The lowest BCUT2D eigenvalue weighted by atomic mass is 9.59. The second-order valence-corrected chi connectivity index (χ2v) is 12.5. The van der Waals surface area contributed by atoms with Crippen molar-refractivity contribution in [3.63, 3.8) is 0 Å². The van der Waals surface area contributed by atoms with Crippen LogP contribution in [0.1, 0.15) is 55.7 Å². The van der Waals surface area contributed by atoms with E-state index < -0.39 is 31.2 Å². The van der Waals surface area contributed by atoms with E-state index in [1.807, 2.05) is 42.5 Å². The number of rotatable bonds is 20. The molecule has 1 saturated carbocycles. The monoisotopic (exact) mass is 685 g/mol. The molecule has 0 spiro atoms. The first-order valence-corrected chi connectivity index (χ1v) is 17.2. The summed E-state index contributed by atoms with van der Waals surface area (Å²) < 4.78 is 42.5. The minimum absolute atomic E-state index is 0.0577. The number of nitrogens with one attached hydrogen (secondary N) is 1. The summed E-state index contributed by atoms with van der Waals surface area (Å²) in [5, 5.41) is 3.22. The van der Waals surface area contributed by atoms with Crippen molar-refractivity contribution in [1.29, 1.82) is 0 Å². The molecule has 12 heteroatoms. The van der Waals surface area contributed by atoms with Gasteiger partial charge in [0.2, 0.25) is 0 Å². The number of carbonyl (C=O) groups excluding carboxylic acids is 3. The maximum Gasteiger partial charge on any atom is 0.407 e. The van der Waals surface area contributed by atoms with Gasteiger partial charge in [0.1, 0.15) is 32.2 Å². The molecule has 2 bridgehead atoms. The van der Waals surface area contributed by atoms with Crippen molar-refractivity contribution in [3.8, 4) is 5.75 Å². The normalized spacial score (nSPS) is 20.0. The van der Waals surface area contributed by atoms with Crippen molar-refractivity contribution in [3.05, 3.63) is 65.2 Å². The number of hydrogen-bond acceptors (Lipinski definition) is 11. The van der Waals surface area contributed by atoms with Gasteiger partial charge in [0.05, 0.1) is 46.2 Å². The van der Waals surface area contributed by atoms with Gasteiger partial charge < -0.3 is 43.2 Å². The molecule has 0 saturated heterocycles. The summed E-state index contributed by atoms with van der Waals surface area (Å²) in [5.41, 5.74) is 2.82. The molecule has 1 N–H and O–H groups in total. The molecule has 0 aromatic heterocycles. The Morgan fingerprint density at radius 2 is 1.47 bits per heavy atom. The summed E-state index contributed by atoms with van der Waals surface area (Å²) in [4.78, 5) is 37.6. The molecule has 3 atom stereocenters. The lowest BCUT2D eigenvalue weighted by Gasteiger charge is -2.49. The first-order valence-electron chi connectivity index (χ1n) is 17.2. The zero-order valence-electron chi connectivity index (χ0n) is 28.8. The van der Waals surface area contributed by atoms with E-state index in [4.69, 9.17) is 37.9 Å². The minimum atomic E-state index is -0.629. The Labute approximate surface area is 289 Å². The van der Waals surface area contributed by atoms with Gasteiger partial charge >= 0.3 is 18.0 Å².